The van der Waals surface area contributed by atoms with Crippen LogP contribution in [0.2, 0.25) is 5.02 Å². The number of hydrogen-bond donors (Lipinski definition) is 1. The van der Waals surface area contributed by atoms with Crippen LogP contribution >= 0.6 is 11.6 Å². The Hall–Kier alpha value is -1.71. The van der Waals surface area contributed by atoms with Gasteiger partial charge in [-0.3, -0.25) is 0 Å². The zero-order chi connectivity index (χ0) is 14.8. The number of aliphatic hydroxyl groups excluding tert-OH is 1. The average Bonchev–Trinajstić information content (AvgIpc) is 2.86. The minimum Gasteiger partial charge on any atom is -0.496 e. The predicted octanol–water partition coefficient (Wildman–Crippen LogP) is 3.91. The van der Waals surface area contributed by atoms with Crippen molar-refractivity contribution in [3.63, 3.8) is 0 Å². The van der Waals surface area contributed by atoms with Crippen molar-refractivity contribution < 1.29 is 14.6 Å². The number of aryl methyl sites for hydroxylation is 1. The van der Waals surface area contributed by atoms with E-state index in [0.717, 1.165) is 41.0 Å². The average molecular weight is 305 g/mol. The third kappa shape index (κ3) is 2.99. The molecule has 0 bridgehead atoms. The highest BCUT2D eigenvalue weighted by molar-refractivity contribution is 6.30. The molecule has 21 heavy (non-hydrogen) atoms. The van der Waals surface area contributed by atoms with Gasteiger partial charge in [-0.05, 0) is 54.3 Å². The first kappa shape index (κ1) is 14.2. The van der Waals surface area contributed by atoms with E-state index >= 15 is 0 Å². The summed E-state index contributed by atoms with van der Waals surface area (Å²) in [7, 11) is 1.63. The second-order valence-corrected chi connectivity index (χ2v) is 5.60. The van der Waals surface area contributed by atoms with E-state index in [0.29, 0.717) is 11.6 Å². The van der Waals surface area contributed by atoms with Crippen molar-refractivity contribution in [2.75, 3.05) is 7.11 Å². The molecule has 0 radical (unpaired) electrons. The molecule has 1 atom stereocenters. The van der Waals surface area contributed by atoms with Crippen LogP contribution in [-0.4, -0.2) is 12.2 Å². The van der Waals surface area contributed by atoms with Crippen molar-refractivity contribution in [1.82, 2.24) is 0 Å². The van der Waals surface area contributed by atoms with Crippen molar-refractivity contribution in [2.24, 2.45) is 0 Å². The van der Waals surface area contributed by atoms with E-state index in [1.165, 1.54) is 0 Å². The van der Waals surface area contributed by atoms with Gasteiger partial charge in [-0.1, -0.05) is 17.7 Å². The second-order valence-electron chi connectivity index (χ2n) is 5.16. The number of benzene rings is 2. The van der Waals surface area contributed by atoms with Crippen LogP contribution in [0.3, 0.4) is 0 Å². The molecular formula is C17H17ClO3. The molecule has 1 aliphatic carbocycles. The van der Waals surface area contributed by atoms with Crippen molar-refractivity contribution in [2.45, 2.75) is 25.6 Å². The number of methoxy groups -OCH3 is 1. The molecule has 3 rings (SSSR count). The molecule has 1 aliphatic rings. The molecule has 2 aromatic rings. The predicted molar refractivity (Wildman–Crippen MR) is 82.1 cm³/mol. The van der Waals surface area contributed by atoms with Gasteiger partial charge >= 0.3 is 0 Å². The molecule has 110 valence electrons. The maximum atomic E-state index is 9.81. The Morgan fingerprint density at radius 1 is 1.24 bits per heavy atom. The van der Waals surface area contributed by atoms with Crippen LogP contribution in [0.15, 0.2) is 36.4 Å². The van der Waals surface area contributed by atoms with Crippen molar-refractivity contribution >= 4 is 11.6 Å². The van der Waals surface area contributed by atoms with Gasteiger partial charge in [-0.15, -0.1) is 0 Å². The highest BCUT2D eigenvalue weighted by atomic mass is 35.5. The molecule has 0 aliphatic heterocycles. The Kier molecular flexibility index (Phi) is 4.04. The zero-order valence-electron chi connectivity index (χ0n) is 11.8. The first-order valence-corrected chi connectivity index (χ1v) is 7.31. The lowest BCUT2D eigenvalue weighted by atomic mass is 10.1. The van der Waals surface area contributed by atoms with E-state index in [1.54, 1.807) is 13.2 Å². The molecule has 3 nitrogen and oxygen atoms in total. The maximum absolute atomic E-state index is 9.81. The van der Waals surface area contributed by atoms with E-state index < -0.39 is 0 Å². The first-order chi connectivity index (χ1) is 10.2. The molecule has 2 aromatic carbocycles. The molecule has 0 unspecified atom stereocenters. The molecule has 0 saturated carbocycles. The van der Waals surface area contributed by atoms with Gasteiger partial charge < -0.3 is 14.6 Å². The summed E-state index contributed by atoms with van der Waals surface area (Å²) < 4.78 is 11.1. The molecule has 0 fully saturated rings. The minimum atomic E-state index is -0.331. The van der Waals surface area contributed by atoms with Gasteiger partial charge in [0.1, 0.15) is 18.1 Å². The summed E-state index contributed by atoms with van der Waals surface area (Å²) in [4.78, 5) is 0. The highest BCUT2D eigenvalue weighted by Crippen LogP contribution is 2.33. The third-order valence-electron chi connectivity index (χ3n) is 3.80. The maximum Gasteiger partial charge on any atom is 0.125 e. The van der Waals surface area contributed by atoms with Crippen molar-refractivity contribution in [1.29, 1.82) is 0 Å². The summed E-state index contributed by atoms with van der Waals surface area (Å²) in [6.07, 6.45) is 1.36. The molecular weight excluding hydrogens is 288 g/mol. The van der Waals surface area contributed by atoms with E-state index in [4.69, 9.17) is 21.1 Å². The first-order valence-electron chi connectivity index (χ1n) is 6.93. The smallest absolute Gasteiger partial charge is 0.125 e. The Bertz CT molecular complexity index is 654. The molecule has 4 heteroatoms. The Morgan fingerprint density at radius 3 is 2.90 bits per heavy atom. The van der Waals surface area contributed by atoms with Gasteiger partial charge in [-0.25, -0.2) is 0 Å². The largest absolute Gasteiger partial charge is 0.496 e. The fourth-order valence-corrected chi connectivity index (χ4v) is 2.88. The number of fused-ring (bicyclic) bond motifs is 1. The summed E-state index contributed by atoms with van der Waals surface area (Å²) in [6.45, 7) is 0.394. The fourth-order valence-electron chi connectivity index (χ4n) is 2.68. The quantitative estimate of drug-likeness (QED) is 0.931. The van der Waals surface area contributed by atoms with Crippen molar-refractivity contribution in [3.8, 4) is 11.5 Å². The summed E-state index contributed by atoms with van der Waals surface area (Å²) in [6, 6.07) is 11.3. The van der Waals surface area contributed by atoms with Crippen LogP contribution in [0, 0.1) is 0 Å². The standard InChI is InChI=1S/C17H17ClO3/c1-20-17-7-3-13(18)8-12(17)10-21-14-4-5-15-11(9-14)2-6-16(15)19/h3-5,7-9,16,19H,2,6,10H2,1H3/t16-/m1/s1. The van der Waals surface area contributed by atoms with Gasteiger partial charge in [0, 0.05) is 10.6 Å². The summed E-state index contributed by atoms with van der Waals surface area (Å²) in [5.41, 5.74) is 3.09. The Labute approximate surface area is 129 Å². The SMILES string of the molecule is COc1ccc(Cl)cc1COc1ccc2c(c1)CC[C@H]2O. The van der Waals surface area contributed by atoms with E-state index in [1.807, 2.05) is 30.3 Å². The number of aliphatic hydroxyl groups is 1. The topological polar surface area (TPSA) is 38.7 Å². The molecule has 0 spiro atoms. The molecule has 0 aromatic heterocycles. The lowest BCUT2D eigenvalue weighted by Gasteiger charge is -2.12. The van der Waals surface area contributed by atoms with Crippen LogP contribution in [0.4, 0.5) is 0 Å². The summed E-state index contributed by atoms with van der Waals surface area (Å²) in [5.74, 6) is 1.56. The van der Waals surface area contributed by atoms with Crippen LogP contribution in [0.5, 0.6) is 11.5 Å². The lowest BCUT2D eigenvalue weighted by Crippen LogP contribution is -1.99. The van der Waals surface area contributed by atoms with Crippen molar-refractivity contribution in [3.05, 3.63) is 58.1 Å². The summed E-state index contributed by atoms with van der Waals surface area (Å²) in [5, 5.41) is 10.5. The number of hydrogen-bond acceptors (Lipinski definition) is 3. The number of ether oxygens (including phenoxy) is 2. The van der Waals surface area contributed by atoms with Gasteiger partial charge in [0.15, 0.2) is 0 Å². The lowest BCUT2D eigenvalue weighted by molar-refractivity contribution is 0.180. The van der Waals surface area contributed by atoms with Crippen LogP contribution in [0.25, 0.3) is 0 Å². The number of rotatable bonds is 4. The zero-order valence-corrected chi connectivity index (χ0v) is 12.6. The highest BCUT2D eigenvalue weighted by Gasteiger charge is 2.20. The normalized spacial score (nSPS) is 16.6. The van der Waals surface area contributed by atoms with E-state index in [9.17, 15) is 5.11 Å². The van der Waals surface area contributed by atoms with Crippen LogP contribution in [-0.2, 0) is 13.0 Å². The van der Waals surface area contributed by atoms with Gasteiger partial charge in [0.25, 0.3) is 0 Å². The van der Waals surface area contributed by atoms with Crippen LogP contribution < -0.4 is 9.47 Å². The van der Waals surface area contributed by atoms with Crippen LogP contribution in [0.1, 0.15) is 29.2 Å². The minimum absolute atomic E-state index is 0.331. The van der Waals surface area contributed by atoms with E-state index in [-0.39, 0.29) is 6.10 Å². The second kappa shape index (κ2) is 5.96. The third-order valence-corrected chi connectivity index (χ3v) is 4.03. The Balaban J connectivity index is 1.75. The molecule has 0 heterocycles. The molecule has 0 amide bonds. The summed E-state index contributed by atoms with van der Waals surface area (Å²) >= 11 is 6.01. The van der Waals surface area contributed by atoms with E-state index in [2.05, 4.69) is 0 Å². The van der Waals surface area contributed by atoms with Gasteiger partial charge in [0.2, 0.25) is 0 Å². The van der Waals surface area contributed by atoms with Gasteiger partial charge in [0.05, 0.1) is 13.2 Å². The monoisotopic (exact) mass is 304 g/mol. The molecule has 0 saturated heterocycles. The fraction of sp³-hybridized carbons (Fsp3) is 0.294. The Morgan fingerprint density at radius 2 is 2.10 bits per heavy atom. The number of halogens is 1. The molecule has 1 N–H and O–H groups in total. The van der Waals surface area contributed by atoms with Gasteiger partial charge in [-0.2, -0.15) is 0 Å².